The second-order valence-corrected chi connectivity index (χ2v) is 11.9. The van der Waals surface area contributed by atoms with Crippen LogP contribution in [0.25, 0.3) is 0 Å². The molecule has 0 aliphatic carbocycles. The number of amides is 1. The maximum atomic E-state index is 12.6. The minimum atomic E-state index is -3.83. The van der Waals surface area contributed by atoms with E-state index in [1.54, 1.807) is 48.5 Å². The largest absolute Gasteiger partial charge is 0.494 e. The number of sulfonamides is 2. The maximum Gasteiger partial charge on any atom is 0.261 e. The third kappa shape index (κ3) is 7.44. The second kappa shape index (κ2) is 11.1. The minimum absolute atomic E-state index is 0.00516. The van der Waals surface area contributed by atoms with E-state index in [0.29, 0.717) is 29.4 Å². The predicted molar refractivity (Wildman–Crippen MR) is 140 cm³/mol. The number of nitrogens with zero attached hydrogens (tertiary/aromatic N) is 1. The molecule has 0 unspecified atom stereocenters. The molecule has 0 heterocycles. The van der Waals surface area contributed by atoms with Crippen molar-refractivity contribution in [3.05, 3.63) is 77.3 Å². The summed E-state index contributed by atoms with van der Waals surface area (Å²) in [6.45, 7) is 1.85. The molecule has 9 nitrogen and oxygen atoms in total. The fourth-order valence-corrected chi connectivity index (χ4v) is 5.24. The Bertz CT molecular complexity index is 1380. The highest BCUT2D eigenvalue weighted by Crippen LogP contribution is 2.23. The number of hydrogen-bond acceptors (Lipinski definition) is 6. The van der Waals surface area contributed by atoms with Crippen LogP contribution in [0.1, 0.15) is 6.92 Å². The predicted octanol–water partition coefficient (Wildman–Crippen LogP) is 4.05. The van der Waals surface area contributed by atoms with E-state index in [1.807, 2.05) is 6.92 Å². The number of carbonyl (C=O) groups is 1. The SMILES string of the molecule is CCOc1ccc(N(CC(=O)Nc2ccc(S(=O)(=O)Nc3ccc(Br)cc3)cc2)S(C)(=O)=O)cc1. The van der Waals surface area contributed by atoms with Gasteiger partial charge in [0.25, 0.3) is 10.0 Å². The molecule has 3 aromatic carbocycles. The van der Waals surface area contributed by atoms with Crippen molar-refractivity contribution in [1.29, 1.82) is 0 Å². The zero-order valence-corrected chi connectivity index (χ0v) is 22.2. The number of halogens is 1. The van der Waals surface area contributed by atoms with Gasteiger partial charge in [-0.3, -0.25) is 13.8 Å². The summed E-state index contributed by atoms with van der Waals surface area (Å²) in [5, 5.41) is 2.59. The van der Waals surface area contributed by atoms with Crippen LogP contribution in [0.2, 0.25) is 0 Å². The summed E-state index contributed by atoms with van der Waals surface area (Å²) in [5.41, 5.74) is 1.03. The van der Waals surface area contributed by atoms with Crippen molar-refractivity contribution in [2.45, 2.75) is 11.8 Å². The van der Waals surface area contributed by atoms with Crippen molar-refractivity contribution in [2.24, 2.45) is 0 Å². The number of ether oxygens (including phenoxy) is 1. The van der Waals surface area contributed by atoms with Gasteiger partial charge in [0.1, 0.15) is 12.3 Å². The first kappa shape index (κ1) is 26.5. The van der Waals surface area contributed by atoms with Crippen LogP contribution in [0, 0.1) is 0 Å². The zero-order valence-electron chi connectivity index (χ0n) is 18.9. The number of benzene rings is 3. The van der Waals surface area contributed by atoms with Gasteiger partial charge in [-0.1, -0.05) is 15.9 Å². The van der Waals surface area contributed by atoms with Crippen molar-refractivity contribution in [2.75, 3.05) is 33.8 Å². The van der Waals surface area contributed by atoms with Gasteiger partial charge in [0, 0.05) is 15.8 Å². The Labute approximate surface area is 213 Å². The second-order valence-electron chi connectivity index (χ2n) is 7.38. The Balaban J connectivity index is 1.69. The van der Waals surface area contributed by atoms with Gasteiger partial charge in [-0.2, -0.15) is 0 Å². The summed E-state index contributed by atoms with van der Waals surface area (Å²) in [5.74, 6) is -0.00766. The molecule has 0 aliphatic rings. The van der Waals surface area contributed by atoms with Crippen molar-refractivity contribution < 1.29 is 26.4 Å². The zero-order chi connectivity index (χ0) is 25.6. The van der Waals surface area contributed by atoms with E-state index < -0.39 is 32.5 Å². The fraction of sp³-hybridized carbons (Fsp3) is 0.174. The van der Waals surface area contributed by atoms with Crippen LogP contribution in [0.5, 0.6) is 5.75 Å². The van der Waals surface area contributed by atoms with E-state index in [-0.39, 0.29) is 4.90 Å². The molecule has 186 valence electrons. The third-order valence-corrected chi connectivity index (χ3v) is 7.73. The molecule has 0 fully saturated rings. The quantitative estimate of drug-likeness (QED) is 0.372. The first-order valence-corrected chi connectivity index (χ1v) is 14.5. The molecule has 0 saturated carbocycles. The van der Waals surface area contributed by atoms with Gasteiger partial charge in [-0.25, -0.2) is 16.8 Å². The Kier molecular flexibility index (Phi) is 8.41. The van der Waals surface area contributed by atoms with E-state index in [4.69, 9.17) is 4.74 Å². The minimum Gasteiger partial charge on any atom is -0.494 e. The van der Waals surface area contributed by atoms with Crippen LogP contribution < -0.4 is 19.1 Å². The molecule has 0 saturated heterocycles. The highest BCUT2D eigenvalue weighted by atomic mass is 79.9. The van der Waals surface area contributed by atoms with Crippen molar-refractivity contribution >= 4 is 58.9 Å². The summed E-state index contributed by atoms with van der Waals surface area (Å²) in [7, 11) is -7.58. The van der Waals surface area contributed by atoms with Crippen molar-refractivity contribution in [3.63, 3.8) is 0 Å². The standard InChI is InChI=1S/C23H24BrN3O6S2/c1-3-33-21-12-10-20(11-13-21)27(34(2,29)30)16-23(28)25-18-8-14-22(15-9-18)35(31,32)26-19-6-4-17(24)5-7-19/h4-15,26H,3,16H2,1-2H3,(H,25,28). The summed E-state index contributed by atoms with van der Waals surface area (Å²) in [6, 6.07) is 18.6. The van der Waals surface area contributed by atoms with E-state index in [9.17, 15) is 21.6 Å². The van der Waals surface area contributed by atoms with Gasteiger partial charge in [-0.15, -0.1) is 0 Å². The number of anilines is 3. The third-order valence-electron chi connectivity index (χ3n) is 4.67. The van der Waals surface area contributed by atoms with Gasteiger partial charge >= 0.3 is 0 Å². The first-order valence-electron chi connectivity index (χ1n) is 10.4. The van der Waals surface area contributed by atoms with E-state index in [1.165, 1.54) is 24.3 Å². The lowest BCUT2D eigenvalue weighted by Gasteiger charge is -2.22. The Morgan fingerprint density at radius 2 is 1.46 bits per heavy atom. The molecule has 0 atom stereocenters. The maximum absolute atomic E-state index is 12.6. The molecule has 3 aromatic rings. The van der Waals surface area contributed by atoms with Crippen LogP contribution in [0.15, 0.2) is 82.2 Å². The van der Waals surface area contributed by atoms with Gasteiger partial charge in [-0.05, 0) is 79.7 Å². The van der Waals surface area contributed by atoms with Crippen LogP contribution >= 0.6 is 15.9 Å². The number of nitrogens with one attached hydrogen (secondary N) is 2. The van der Waals surface area contributed by atoms with Gasteiger partial charge in [0.05, 0.1) is 23.4 Å². The molecule has 35 heavy (non-hydrogen) atoms. The molecular formula is C23H24BrN3O6S2. The molecule has 12 heteroatoms. The van der Waals surface area contributed by atoms with E-state index in [2.05, 4.69) is 26.0 Å². The number of hydrogen-bond donors (Lipinski definition) is 2. The molecular weight excluding hydrogens is 558 g/mol. The lowest BCUT2D eigenvalue weighted by molar-refractivity contribution is -0.114. The van der Waals surface area contributed by atoms with Crippen LogP contribution in [-0.4, -0.2) is 42.2 Å². The fourth-order valence-electron chi connectivity index (χ4n) is 3.06. The molecule has 0 bridgehead atoms. The van der Waals surface area contributed by atoms with Crippen LogP contribution in [0.4, 0.5) is 17.1 Å². The smallest absolute Gasteiger partial charge is 0.261 e. The lowest BCUT2D eigenvalue weighted by Crippen LogP contribution is -2.37. The Morgan fingerprint density at radius 3 is 2.00 bits per heavy atom. The van der Waals surface area contributed by atoms with Crippen molar-refractivity contribution in [3.8, 4) is 5.75 Å². The van der Waals surface area contributed by atoms with Gasteiger partial charge in [0.2, 0.25) is 15.9 Å². The molecule has 0 aromatic heterocycles. The molecule has 0 radical (unpaired) electrons. The first-order chi connectivity index (χ1) is 16.5. The summed E-state index contributed by atoms with van der Waals surface area (Å²) >= 11 is 3.29. The lowest BCUT2D eigenvalue weighted by atomic mass is 10.3. The summed E-state index contributed by atoms with van der Waals surface area (Å²) < 4.78 is 59.4. The average Bonchev–Trinajstić information content (AvgIpc) is 2.79. The highest BCUT2D eigenvalue weighted by Gasteiger charge is 2.21. The molecule has 0 spiro atoms. The van der Waals surface area contributed by atoms with Crippen molar-refractivity contribution in [1.82, 2.24) is 0 Å². The summed E-state index contributed by atoms with van der Waals surface area (Å²) in [4.78, 5) is 12.6. The van der Waals surface area contributed by atoms with Gasteiger partial charge < -0.3 is 10.1 Å². The van der Waals surface area contributed by atoms with Crippen LogP contribution in [-0.2, 0) is 24.8 Å². The Hall–Kier alpha value is -3.09. The molecule has 2 N–H and O–H groups in total. The average molecular weight is 582 g/mol. The highest BCUT2D eigenvalue weighted by molar-refractivity contribution is 9.10. The number of rotatable bonds is 10. The molecule has 1 amide bonds. The van der Waals surface area contributed by atoms with Gasteiger partial charge in [0.15, 0.2) is 0 Å². The van der Waals surface area contributed by atoms with Crippen LogP contribution in [0.3, 0.4) is 0 Å². The topological polar surface area (TPSA) is 122 Å². The Morgan fingerprint density at radius 1 is 0.886 bits per heavy atom. The molecule has 0 aliphatic heterocycles. The van der Waals surface area contributed by atoms with E-state index >= 15 is 0 Å². The number of carbonyl (C=O) groups excluding carboxylic acids is 1. The summed E-state index contributed by atoms with van der Waals surface area (Å²) in [6.07, 6.45) is 1.01. The molecule has 3 rings (SSSR count). The normalized spacial score (nSPS) is 11.5. The van der Waals surface area contributed by atoms with E-state index in [0.717, 1.165) is 15.0 Å². The monoisotopic (exact) mass is 581 g/mol.